The van der Waals surface area contributed by atoms with E-state index in [1.54, 1.807) is 61.9 Å². The molecule has 280 valence electrons. The Morgan fingerprint density at radius 1 is 0.946 bits per heavy atom. The van der Waals surface area contributed by atoms with Gasteiger partial charge in [-0.1, -0.05) is 71.9 Å². The van der Waals surface area contributed by atoms with Crippen molar-refractivity contribution in [2.24, 2.45) is 4.99 Å². The highest BCUT2D eigenvalue weighted by Crippen LogP contribution is 2.42. The molecule has 3 N–H and O–H groups in total. The van der Waals surface area contributed by atoms with Gasteiger partial charge in [0.2, 0.25) is 5.78 Å². The summed E-state index contributed by atoms with van der Waals surface area (Å²) in [6.45, 7) is 4.23. The predicted octanol–water partition coefficient (Wildman–Crippen LogP) is 7.58. The summed E-state index contributed by atoms with van der Waals surface area (Å²) in [6, 6.07) is 29.9. The van der Waals surface area contributed by atoms with Crippen LogP contribution >= 0.6 is 0 Å². The molecule has 56 heavy (non-hydrogen) atoms. The van der Waals surface area contributed by atoms with Crippen molar-refractivity contribution in [2.45, 2.75) is 50.5 Å². The summed E-state index contributed by atoms with van der Waals surface area (Å²) < 4.78 is 5.23. The molecule has 0 spiro atoms. The molecule has 2 atom stereocenters. The third-order valence-electron chi connectivity index (χ3n) is 11.1. The number of fused-ring (bicyclic) bond motifs is 1. The smallest absolute Gasteiger partial charge is 0.303 e. The number of carbonyl (C=O) groups is 4. The first kappa shape index (κ1) is 36.1. The number of aliphatic carboxylic acids is 1. The van der Waals surface area contributed by atoms with E-state index in [-0.39, 0.29) is 36.6 Å². The molecule has 6 aromatic rings. The number of aliphatic imine (C=N–C) groups is 1. The molecule has 8 rings (SSSR count). The van der Waals surface area contributed by atoms with Gasteiger partial charge in [0, 0.05) is 66.7 Å². The second-order valence-corrected chi connectivity index (χ2v) is 14.5. The van der Waals surface area contributed by atoms with E-state index in [1.165, 1.54) is 5.56 Å². The van der Waals surface area contributed by atoms with Crippen molar-refractivity contribution in [2.75, 3.05) is 11.4 Å². The maximum Gasteiger partial charge on any atom is 0.303 e. The van der Waals surface area contributed by atoms with Crippen LogP contribution in [0.1, 0.15) is 74.3 Å². The molecular formula is C45H39N5O6. The lowest BCUT2D eigenvalue weighted by Gasteiger charge is -2.32. The number of carboxylic acid groups (broad SMARTS) is 1. The first-order chi connectivity index (χ1) is 27.1. The van der Waals surface area contributed by atoms with Crippen molar-refractivity contribution in [3.05, 3.63) is 166 Å². The average molecular weight is 746 g/mol. The lowest BCUT2D eigenvalue weighted by atomic mass is 9.69. The number of aromatic nitrogens is 3. The number of carbonyl (C=O) groups excluding carboxylic acids is 3. The third kappa shape index (κ3) is 6.40. The number of aryl methyl sites for hydroxylation is 1. The quantitative estimate of drug-likeness (QED) is 0.103. The summed E-state index contributed by atoms with van der Waals surface area (Å²) in [5.74, 6) is -1.10. The van der Waals surface area contributed by atoms with Crippen LogP contribution in [0.5, 0.6) is 0 Å². The van der Waals surface area contributed by atoms with E-state index in [0.29, 0.717) is 34.7 Å². The number of para-hydroxylation sites is 1. The number of rotatable bonds is 13. The van der Waals surface area contributed by atoms with Crippen LogP contribution in [-0.4, -0.2) is 56.4 Å². The van der Waals surface area contributed by atoms with Crippen LogP contribution in [0, 0.1) is 6.92 Å². The minimum atomic E-state index is -1.40. The molecule has 2 aliphatic rings. The average Bonchev–Trinajstić information content (AvgIpc) is 4.06. The Kier molecular flexibility index (Phi) is 9.29. The molecule has 0 bridgehead atoms. The summed E-state index contributed by atoms with van der Waals surface area (Å²) in [6.07, 6.45) is 7.51. The Balaban J connectivity index is 0.998. The fourth-order valence-electron chi connectivity index (χ4n) is 8.02. The molecule has 1 amide bonds. The number of nitrogens with one attached hydrogen (secondary N) is 2. The molecule has 0 saturated carbocycles. The number of ketones is 2. The van der Waals surface area contributed by atoms with Gasteiger partial charge in [-0.05, 0) is 84.8 Å². The van der Waals surface area contributed by atoms with Gasteiger partial charge in [0.1, 0.15) is 16.7 Å². The highest BCUT2D eigenvalue weighted by molar-refractivity contribution is 6.08. The first-order valence-corrected chi connectivity index (χ1v) is 18.5. The number of nitrogens with zero attached hydrogens (tertiary/aromatic N) is 3. The van der Waals surface area contributed by atoms with E-state index in [4.69, 9.17) is 9.52 Å². The molecule has 3 aromatic heterocycles. The van der Waals surface area contributed by atoms with Crippen molar-refractivity contribution in [1.82, 2.24) is 15.1 Å². The van der Waals surface area contributed by atoms with E-state index < -0.39 is 22.7 Å². The van der Waals surface area contributed by atoms with Crippen LogP contribution in [0.15, 0.2) is 131 Å². The summed E-state index contributed by atoms with van der Waals surface area (Å²) in [5.41, 5.74) is 5.33. The van der Waals surface area contributed by atoms with Crippen LogP contribution in [0.4, 0.5) is 5.69 Å². The van der Waals surface area contributed by atoms with Gasteiger partial charge in [-0.15, -0.1) is 0 Å². The van der Waals surface area contributed by atoms with E-state index in [1.807, 2.05) is 72.5 Å². The molecule has 11 heteroatoms. The maximum absolute atomic E-state index is 14.3. The summed E-state index contributed by atoms with van der Waals surface area (Å²) in [4.78, 5) is 66.4. The van der Waals surface area contributed by atoms with E-state index in [2.05, 4.69) is 21.2 Å². The van der Waals surface area contributed by atoms with Crippen molar-refractivity contribution < 1.29 is 28.8 Å². The van der Waals surface area contributed by atoms with Gasteiger partial charge in [-0.25, -0.2) is 0 Å². The van der Waals surface area contributed by atoms with Crippen LogP contribution in [0.2, 0.25) is 0 Å². The van der Waals surface area contributed by atoms with Crippen LogP contribution in [0.3, 0.4) is 0 Å². The molecule has 3 aromatic carbocycles. The second-order valence-electron chi connectivity index (χ2n) is 14.5. The van der Waals surface area contributed by atoms with E-state index in [9.17, 15) is 24.3 Å². The zero-order chi connectivity index (χ0) is 39.0. The second kappa shape index (κ2) is 14.4. The lowest BCUT2D eigenvalue weighted by Crippen LogP contribution is -2.39. The third-order valence-corrected chi connectivity index (χ3v) is 11.1. The van der Waals surface area contributed by atoms with Crippen molar-refractivity contribution in [3.8, 4) is 11.3 Å². The van der Waals surface area contributed by atoms with Gasteiger partial charge in [0.15, 0.2) is 11.5 Å². The number of carboxylic acids is 1. The molecule has 2 aliphatic heterocycles. The highest BCUT2D eigenvalue weighted by Gasteiger charge is 2.45. The minimum Gasteiger partial charge on any atom is -0.481 e. The van der Waals surface area contributed by atoms with Gasteiger partial charge in [-0.3, -0.25) is 24.2 Å². The summed E-state index contributed by atoms with van der Waals surface area (Å²) >= 11 is 0. The monoisotopic (exact) mass is 745 g/mol. The summed E-state index contributed by atoms with van der Waals surface area (Å²) in [7, 11) is 0. The molecule has 0 saturated heterocycles. The predicted molar refractivity (Wildman–Crippen MR) is 211 cm³/mol. The van der Waals surface area contributed by atoms with Gasteiger partial charge in [-0.2, -0.15) is 0 Å². The number of allylic oxidation sites excluding steroid dienone is 1. The number of amides is 1. The SMILES string of the molecule is Cc1cc(C(=O)C(CCC(=O)O)(c2ccc(C3(C)N=CC=C3C(=O)Cc3ccc(-c4cc(C(=O)N5CCc6ccccc65)c[nH]4)cc3)cc2)c2ccc[nH]2)no1. The Morgan fingerprint density at radius 2 is 1.73 bits per heavy atom. The normalized spacial score (nSPS) is 17.0. The number of H-pyrrole nitrogens is 2. The fourth-order valence-corrected chi connectivity index (χ4v) is 8.02. The van der Waals surface area contributed by atoms with Crippen molar-refractivity contribution >= 4 is 35.3 Å². The molecule has 0 aliphatic carbocycles. The number of benzene rings is 3. The largest absolute Gasteiger partial charge is 0.481 e. The molecule has 11 nitrogen and oxygen atoms in total. The number of anilines is 1. The van der Waals surface area contributed by atoms with Gasteiger partial charge < -0.3 is 24.5 Å². The molecule has 0 radical (unpaired) electrons. The zero-order valence-corrected chi connectivity index (χ0v) is 30.9. The number of hydrogen-bond acceptors (Lipinski definition) is 7. The molecule has 0 fully saturated rings. The number of aromatic amines is 2. The number of hydrogen-bond donors (Lipinski definition) is 3. The van der Waals surface area contributed by atoms with Crippen LogP contribution in [0.25, 0.3) is 11.3 Å². The Morgan fingerprint density at radius 3 is 2.45 bits per heavy atom. The highest BCUT2D eigenvalue weighted by atomic mass is 16.5. The van der Waals surface area contributed by atoms with Gasteiger partial charge in [0.05, 0.1) is 5.56 Å². The van der Waals surface area contributed by atoms with Crippen LogP contribution < -0.4 is 4.90 Å². The lowest BCUT2D eigenvalue weighted by molar-refractivity contribution is -0.137. The fraction of sp³-hybridized carbons (Fsp3) is 0.200. The topological polar surface area (TPSA) is 162 Å². The van der Waals surface area contributed by atoms with Crippen LogP contribution in [-0.2, 0) is 33.4 Å². The van der Waals surface area contributed by atoms with Gasteiger partial charge >= 0.3 is 5.97 Å². The molecule has 5 heterocycles. The molecular weight excluding hydrogens is 707 g/mol. The van der Waals surface area contributed by atoms with Crippen molar-refractivity contribution in [3.63, 3.8) is 0 Å². The van der Waals surface area contributed by atoms with E-state index >= 15 is 0 Å². The Hall–Kier alpha value is -6.88. The van der Waals surface area contributed by atoms with Crippen molar-refractivity contribution in [1.29, 1.82) is 0 Å². The Labute approximate surface area is 322 Å². The number of Topliss-reactive ketones (excluding diaryl/α,β-unsaturated/α-hetero) is 2. The first-order valence-electron chi connectivity index (χ1n) is 18.5. The zero-order valence-electron chi connectivity index (χ0n) is 30.9. The van der Waals surface area contributed by atoms with Gasteiger partial charge in [0.25, 0.3) is 5.91 Å². The summed E-state index contributed by atoms with van der Waals surface area (Å²) in [5, 5.41) is 13.7. The Bertz CT molecular complexity index is 2530. The van der Waals surface area contributed by atoms with E-state index in [0.717, 1.165) is 34.5 Å². The minimum absolute atomic E-state index is 0.0262. The molecule has 2 unspecified atom stereocenters. The standard InChI is InChI=1S/C45H39N5O6/c1-28-24-37(49-56-28)42(54)45(20-17-41(52)53,40-8-5-21-46-40)34-15-13-33(14-16-34)44(2)35(18-22-48-44)39(51)25-29-9-11-30(12-10-29)36-26-32(27-47-36)43(55)50-23-19-31-6-3-4-7-38(31)50/h3-16,18,21-22,24,26-27,46-47H,17,19-20,23,25H2,1-2H3,(H,52,53). The maximum atomic E-state index is 14.3.